The van der Waals surface area contributed by atoms with Crippen LogP contribution in [0.25, 0.3) is 17.0 Å². The van der Waals surface area contributed by atoms with E-state index in [4.69, 9.17) is 11.6 Å². The zero-order valence-corrected chi connectivity index (χ0v) is 15.4. The quantitative estimate of drug-likeness (QED) is 0.511. The molecule has 0 saturated heterocycles. The molecule has 1 heterocycles. The second kappa shape index (κ2) is 7.47. The van der Waals surface area contributed by atoms with E-state index in [-0.39, 0.29) is 11.5 Å². The van der Waals surface area contributed by atoms with E-state index in [9.17, 15) is 10.1 Å². The lowest BCUT2D eigenvalue weighted by Crippen LogP contribution is -2.22. The van der Waals surface area contributed by atoms with Gasteiger partial charge in [0.25, 0.3) is 5.91 Å². The average molecular weight is 364 g/mol. The van der Waals surface area contributed by atoms with E-state index in [1.54, 1.807) is 20.2 Å². The van der Waals surface area contributed by atoms with Gasteiger partial charge in [-0.2, -0.15) is 5.26 Å². The average Bonchev–Trinajstić information content (AvgIpc) is 2.98. The summed E-state index contributed by atoms with van der Waals surface area (Å²) in [7, 11) is 3.27. The van der Waals surface area contributed by atoms with Crippen molar-refractivity contribution >= 4 is 34.5 Å². The Bertz CT molecular complexity index is 1020. The normalized spacial score (nSPS) is 11.4. The predicted molar refractivity (Wildman–Crippen MR) is 105 cm³/mol. The van der Waals surface area contributed by atoms with Gasteiger partial charge in [0, 0.05) is 48.3 Å². The van der Waals surface area contributed by atoms with Gasteiger partial charge in [0.05, 0.1) is 0 Å². The number of hydrogen-bond acceptors (Lipinski definition) is 2. The van der Waals surface area contributed by atoms with E-state index < -0.39 is 0 Å². The topological polar surface area (TPSA) is 49.0 Å². The van der Waals surface area contributed by atoms with Crippen LogP contribution in [0.15, 0.2) is 60.3 Å². The molecule has 26 heavy (non-hydrogen) atoms. The summed E-state index contributed by atoms with van der Waals surface area (Å²) in [4.78, 5) is 13.6. The third-order valence-electron chi connectivity index (χ3n) is 4.14. The number of likely N-dealkylation sites (N-methyl/N-ethyl adjacent to an activating group) is 1. The van der Waals surface area contributed by atoms with E-state index in [0.29, 0.717) is 11.6 Å². The van der Waals surface area contributed by atoms with Crippen LogP contribution in [0.5, 0.6) is 0 Å². The smallest absolute Gasteiger partial charge is 0.264 e. The van der Waals surface area contributed by atoms with Gasteiger partial charge in [0.2, 0.25) is 0 Å². The van der Waals surface area contributed by atoms with Gasteiger partial charge in [-0.3, -0.25) is 4.79 Å². The standard InChI is InChI=1S/C21H18ClN3O/c1-24(2)21(26)16(12-23)11-17-14-25(20-6-4-3-5-19(17)20)13-15-7-9-18(22)10-8-15/h3-11,14H,13H2,1-2H3/b16-11+. The number of benzene rings is 2. The number of carbonyl (C=O) groups is 1. The summed E-state index contributed by atoms with van der Waals surface area (Å²) in [6, 6.07) is 17.7. The molecule has 0 fully saturated rings. The first-order chi connectivity index (χ1) is 12.5. The number of para-hydroxylation sites is 1. The Labute approximate surface area is 157 Å². The summed E-state index contributed by atoms with van der Waals surface area (Å²) >= 11 is 5.96. The molecule has 4 nitrogen and oxygen atoms in total. The van der Waals surface area contributed by atoms with Gasteiger partial charge in [-0.1, -0.05) is 41.9 Å². The molecule has 5 heteroatoms. The molecular formula is C21H18ClN3O. The lowest BCUT2D eigenvalue weighted by molar-refractivity contribution is -0.124. The van der Waals surface area contributed by atoms with Gasteiger partial charge in [-0.05, 0) is 29.8 Å². The highest BCUT2D eigenvalue weighted by Crippen LogP contribution is 2.25. The SMILES string of the molecule is CN(C)C(=O)/C(C#N)=C/c1cn(Cc2ccc(Cl)cc2)c2ccccc12. The number of halogens is 1. The number of rotatable bonds is 4. The number of nitrogens with zero attached hydrogens (tertiary/aromatic N) is 3. The Balaban J connectivity index is 2.06. The summed E-state index contributed by atoms with van der Waals surface area (Å²) in [5.41, 5.74) is 3.13. The van der Waals surface area contributed by atoms with E-state index in [2.05, 4.69) is 4.57 Å². The fourth-order valence-corrected chi connectivity index (χ4v) is 2.97. The number of hydrogen-bond donors (Lipinski definition) is 0. The molecule has 3 rings (SSSR count). The van der Waals surface area contributed by atoms with Crippen LogP contribution >= 0.6 is 11.6 Å². The molecule has 1 amide bonds. The molecule has 0 saturated carbocycles. The highest BCUT2D eigenvalue weighted by molar-refractivity contribution is 6.30. The fourth-order valence-electron chi connectivity index (χ4n) is 2.85. The highest BCUT2D eigenvalue weighted by atomic mass is 35.5. The minimum atomic E-state index is -0.304. The zero-order chi connectivity index (χ0) is 18.7. The van der Waals surface area contributed by atoms with Crippen molar-refractivity contribution in [3.63, 3.8) is 0 Å². The summed E-state index contributed by atoms with van der Waals surface area (Å²) in [5.74, 6) is -0.304. The van der Waals surface area contributed by atoms with Crippen LogP contribution in [0, 0.1) is 11.3 Å². The van der Waals surface area contributed by atoms with Gasteiger partial charge >= 0.3 is 0 Å². The second-order valence-electron chi connectivity index (χ2n) is 6.23. The lowest BCUT2D eigenvalue weighted by atomic mass is 10.1. The molecule has 0 N–H and O–H groups in total. The van der Waals surface area contributed by atoms with Crippen molar-refractivity contribution in [3.8, 4) is 6.07 Å². The van der Waals surface area contributed by atoms with Crippen LogP contribution in [-0.2, 0) is 11.3 Å². The van der Waals surface area contributed by atoms with Crippen molar-refractivity contribution < 1.29 is 4.79 Å². The van der Waals surface area contributed by atoms with Crippen LogP contribution in [-0.4, -0.2) is 29.5 Å². The summed E-state index contributed by atoms with van der Waals surface area (Å²) in [5, 5.41) is 11.1. The summed E-state index contributed by atoms with van der Waals surface area (Å²) < 4.78 is 2.11. The minimum Gasteiger partial charge on any atom is -0.344 e. The molecule has 3 aromatic rings. The molecule has 0 atom stereocenters. The molecular weight excluding hydrogens is 346 g/mol. The molecule has 1 aromatic heterocycles. The van der Waals surface area contributed by atoms with Crippen LogP contribution in [0.3, 0.4) is 0 Å². The number of amides is 1. The van der Waals surface area contributed by atoms with Crippen LogP contribution in [0.4, 0.5) is 0 Å². The molecule has 130 valence electrons. The molecule has 0 unspecified atom stereocenters. The molecule has 0 radical (unpaired) electrons. The lowest BCUT2D eigenvalue weighted by Gasteiger charge is -2.08. The third-order valence-corrected chi connectivity index (χ3v) is 4.39. The highest BCUT2D eigenvalue weighted by Gasteiger charge is 2.14. The van der Waals surface area contributed by atoms with Gasteiger partial charge in [-0.25, -0.2) is 0 Å². The molecule has 0 aliphatic rings. The van der Waals surface area contributed by atoms with Gasteiger partial charge in [0.15, 0.2) is 0 Å². The van der Waals surface area contributed by atoms with Gasteiger partial charge in [0.1, 0.15) is 11.6 Å². The zero-order valence-electron chi connectivity index (χ0n) is 14.6. The second-order valence-corrected chi connectivity index (χ2v) is 6.66. The van der Waals surface area contributed by atoms with E-state index in [0.717, 1.165) is 22.0 Å². The van der Waals surface area contributed by atoms with Crippen molar-refractivity contribution in [1.82, 2.24) is 9.47 Å². The molecule has 0 aliphatic heterocycles. The van der Waals surface area contributed by atoms with Crippen molar-refractivity contribution in [2.24, 2.45) is 0 Å². The number of nitriles is 1. The first kappa shape index (κ1) is 17.8. The fraction of sp³-hybridized carbons (Fsp3) is 0.143. The van der Waals surface area contributed by atoms with Crippen molar-refractivity contribution in [3.05, 3.63) is 76.5 Å². The Hall–Kier alpha value is -3.03. The van der Waals surface area contributed by atoms with Gasteiger partial charge in [-0.15, -0.1) is 0 Å². The van der Waals surface area contributed by atoms with Gasteiger partial charge < -0.3 is 9.47 Å². The first-order valence-electron chi connectivity index (χ1n) is 8.15. The number of carbonyl (C=O) groups excluding carboxylic acids is 1. The van der Waals surface area contributed by atoms with Crippen molar-refractivity contribution in [2.45, 2.75) is 6.54 Å². The van der Waals surface area contributed by atoms with E-state index in [1.165, 1.54) is 4.90 Å². The predicted octanol–water partition coefficient (Wildman–Crippen LogP) is 4.34. The van der Waals surface area contributed by atoms with E-state index >= 15 is 0 Å². The summed E-state index contributed by atoms with van der Waals surface area (Å²) in [6.07, 6.45) is 3.63. The Morgan fingerprint density at radius 3 is 2.54 bits per heavy atom. The Morgan fingerprint density at radius 1 is 1.19 bits per heavy atom. The maximum absolute atomic E-state index is 12.2. The Kier molecular flexibility index (Phi) is 5.11. The van der Waals surface area contributed by atoms with Crippen LogP contribution in [0.1, 0.15) is 11.1 Å². The maximum atomic E-state index is 12.2. The molecule has 0 bridgehead atoms. The third kappa shape index (κ3) is 3.63. The Morgan fingerprint density at radius 2 is 1.88 bits per heavy atom. The summed E-state index contributed by atoms with van der Waals surface area (Å²) in [6.45, 7) is 0.676. The van der Waals surface area contributed by atoms with Crippen LogP contribution in [0.2, 0.25) is 5.02 Å². The molecule has 0 aliphatic carbocycles. The maximum Gasteiger partial charge on any atom is 0.264 e. The van der Waals surface area contributed by atoms with Crippen molar-refractivity contribution in [2.75, 3.05) is 14.1 Å². The minimum absolute atomic E-state index is 0.115. The molecule has 0 spiro atoms. The number of aromatic nitrogens is 1. The largest absolute Gasteiger partial charge is 0.344 e. The van der Waals surface area contributed by atoms with E-state index in [1.807, 2.05) is 60.8 Å². The van der Waals surface area contributed by atoms with Crippen molar-refractivity contribution in [1.29, 1.82) is 5.26 Å². The molecule has 2 aromatic carbocycles. The number of fused-ring (bicyclic) bond motifs is 1. The van der Waals surface area contributed by atoms with Crippen LogP contribution < -0.4 is 0 Å². The monoisotopic (exact) mass is 363 g/mol. The first-order valence-corrected chi connectivity index (χ1v) is 8.53.